The SMILES string of the molecule is BrC1=CC2C=CNC2C=C1. The van der Waals surface area contributed by atoms with Crippen LogP contribution in [0.4, 0.5) is 0 Å². The van der Waals surface area contributed by atoms with Gasteiger partial charge in [0.15, 0.2) is 0 Å². The van der Waals surface area contributed by atoms with Gasteiger partial charge in [0.25, 0.3) is 0 Å². The molecule has 2 heteroatoms. The number of fused-ring (bicyclic) bond motifs is 1. The average Bonchev–Trinajstić information content (AvgIpc) is 2.33. The molecular formula is C8H8BrN. The summed E-state index contributed by atoms with van der Waals surface area (Å²) in [5.41, 5.74) is 0. The lowest BCUT2D eigenvalue weighted by atomic mass is 9.98. The van der Waals surface area contributed by atoms with Crippen molar-refractivity contribution in [1.82, 2.24) is 5.32 Å². The summed E-state index contributed by atoms with van der Waals surface area (Å²) in [7, 11) is 0. The maximum atomic E-state index is 3.44. The van der Waals surface area contributed by atoms with Crippen LogP contribution >= 0.6 is 15.9 Å². The van der Waals surface area contributed by atoms with Gasteiger partial charge in [-0.2, -0.15) is 0 Å². The van der Waals surface area contributed by atoms with E-state index in [4.69, 9.17) is 0 Å². The Kier molecular flexibility index (Phi) is 1.42. The second kappa shape index (κ2) is 2.27. The Hall–Kier alpha value is -0.500. The Bertz CT molecular complexity index is 227. The first-order valence-electron chi connectivity index (χ1n) is 3.34. The smallest absolute Gasteiger partial charge is 0.0540 e. The van der Waals surface area contributed by atoms with Crippen molar-refractivity contribution in [2.75, 3.05) is 0 Å². The number of hydrogen-bond acceptors (Lipinski definition) is 1. The quantitative estimate of drug-likeness (QED) is 0.627. The number of halogens is 1. The highest BCUT2D eigenvalue weighted by atomic mass is 79.9. The Labute approximate surface area is 68.6 Å². The normalized spacial score (nSPS) is 35.1. The fraction of sp³-hybridized carbons (Fsp3) is 0.250. The van der Waals surface area contributed by atoms with Crippen molar-refractivity contribution in [2.24, 2.45) is 5.92 Å². The van der Waals surface area contributed by atoms with Crippen LogP contribution in [0.15, 0.2) is 35.0 Å². The zero-order valence-corrected chi connectivity index (χ0v) is 7.01. The average molecular weight is 198 g/mol. The molecule has 1 aliphatic carbocycles. The molecule has 1 aliphatic heterocycles. The monoisotopic (exact) mass is 197 g/mol. The predicted octanol–water partition coefficient (Wildman–Crippen LogP) is 1.94. The molecule has 2 aliphatic rings. The molecule has 0 aromatic rings. The van der Waals surface area contributed by atoms with Crippen LogP contribution in [-0.4, -0.2) is 6.04 Å². The molecule has 0 saturated carbocycles. The zero-order valence-electron chi connectivity index (χ0n) is 5.42. The molecular weight excluding hydrogens is 190 g/mol. The second-order valence-electron chi connectivity index (χ2n) is 2.54. The summed E-state index contributed by atoms with van der Waals surface area (Å²) < 4.78 is 1.18. The maximum absolute atomic E-state index is 3.44. The van der Waals surface area contributed by atoms with E-state index in [0.29, 0.717) is 12.0 Å². The number of rotatable bonds is 0. The Morgan fingerprint density at radius 3 is 3.20 bits per heavy atom. The molecule has 0 bridgehead atoms. The van der Waals surface area contributed by atoms with Gasteiger partial charge in [0.05, 0.1) is 6.04 Å². The minimum absolute atomic E-state index is 0.501. The Morgan fingerprint density at radius 1 is 1.40 bits per heavy atom. The molecule has 1 nitrogen and oxygen atoms in total. The van der Waals surface area contributed by atoms with Gasteiger partial charge in [0.1, 0.15) is 0 Å². The molecule has 0 aromatic carbocycles. The minimum Gasteiger partial charge on any atom is -0.384 e. The first-order valence-corrected chi connectivity index (χ1v) is 4.14. The molecule has 0 saturated heterocycles. The second-order valence-corrected chi connectivity index (χ2v) is 3.46. The fourth-order valence-corrected chi connectivity index (χ4v) is 1.74. The van der Waals surface area contributed by atoms with Crippen molar-refractivity contribution in [3.63, 3.8) is 0 Å². The summed E-state index contributed by atoms with van der Waals surface area (Å²) in [6, 6.07) is 0.501. The Balaban J connectivity index is 2.26. The highest BCUT2D eigenvalue weighted by molar-refractivity contribution is 9.11. The van der Waals surface area contributed by atoms with Gasteiger partial charge < -0.3 is 5.32 Å². The van der Waals surface area contributed by atoms with Gasteiger partial charge >= 0.3 is 0 Å². The number of nitrogens with one attached hydrogen (secondary N) is 1. The third-order valence-corrected chi connectivity index (χ3v) is 2.36. The van der Waals surface area contributed by atoms with Gasteiger partial charge in [-0.1, -0.05) is 40.2 Å². The maximum Gasteiger partial charge on any atom is 0.0540 e. The third-order valence-electron chi connectivity index (χ3n) is 1.84. The van der Waals surface area contributed by atoms with Crippen molar-refractivity contribution in [3.05, 3.63) is 35.0 Å². The molecule has 10 heavy (non-hydrogen) atoms. The van der Waals surface area contributed by atoms with Crippen LogP contribution in [0.25, 0.3) is 0 Å². The summed E-state index contributed by atoms with van der Waals surface area (Å²) in [5.74, 6) is 0.555. The summed E-state index contributed by atoms with van der Waals surface area (Å²) in [4.78, 5) is 0. The lowest BCUT2D eigenvalue weighted by molar-refractivity contribution is 0.649. The van der Waals surface area contributed by atoms with Crippen molar-refractivity contribution < 1.29 is 0 Å². The van der Waals surface area contributed by atoms with E-state index in [9.17, 15) is 0 Å². The Morgan fingerprint density at radius 2 is 2.30 bits per heavy atom. The first-order chi connectivity index (χ1) is 4.86. The van der Waals surface area contributed by atoms with E-state index >= 15 is 0 Å². The lowest BCUT2D eigenvalue weighted by Crippen LogP contribution is -2.24. The van der Waals surface area contributed by atoms with Crippen molar-refractivity contribution in [3.8, 4) is 0 Å². The standard InChI is InChI=1S/C8H8BrN/c9-7-1-2-8-6(5-7)3-4-10-8/h1-6,8,10H. The summed E-state index contributed by atoms with van der Waals surface area (Å²) in [6.45, 7) is 0. The largest absolute Gasteiger partial charge is 0.384 e. The van der Waals surface area contributed by atoms with E-state index in [-0.39, 0.29) is 0 Å². The molecule has 0 fully saturated rings. The van der Waals surface area contributed by atoms with Crippen LogP contribution in [0.5, 0.6) is 0 Å². The highest BCUT2D eigenvalue weighted by Crippen LogP contribution is 2.24. The molecule has 52 valence electrons. The molecule has 2 atom stereocenters. The van der Waals surface area contributed by atoms with Crippen LogP contribution < -0.4 is 5.32 Å². The van der Waals surface area contributed by atoms with Crippen molar-refractivity contribution in [1.29, 1.82) is 0 Å². The zero-order chi connectivity index (χ0) is 6.97. The molecule has 0 spiro atoms. The lowest BCUT2D eigenvalue weighted by Gasteiger charge is -2.16. The van der Waals surface area contributed by atoms with E-state index in [1.165, 1.54) is 4.48 Å². The summed E-state index contributed by atoms with van der Waals surface area (Å²) >= 11 is 3.44. The molecule has 0 amide bonds. The molecule has 1 heterocycles. The predicted molar refractivity (Wildman–Crippen MR) is 45.7 cm³/mol. The molecule has 0 radical (unpaired) electrons. The van der Waals surface area contributed by atoms with Crippen LogP contribution in [0, 0.1) is 5.92 Å². The number of allylic oxidation sites excluding steroid dienone is 2. The first kappa shape index (κ1) is 6.23. The van der Waals surface area contributed by atoms with E-state index in [1.807, 2.05) is 6.20 Å². The van der Waals surface area contributed by atoms with E-state index in [2.05, 4.69) is 45.6 Å². The van der Waals surface area contributed by atoms with Crippen LogP contribution in [0.3, 0.4) is 0 Å². The van der Waals surface area contributed by atoms with Gasteiger partial charge in [-0.15, -0.1) is 0 Å². The van der Waals surface area contributed by atoms with E-state index < -0.39 is 0 Å². The number of hydrogen-bond donors (Lipinski definition) is 1. The van der Waals surface area contributed by atoms with Gasteiger partial charge in [-0.05, 0) is 6.20 Å². The minimum atomic E-state index is 0.501. The van der Waals surface area contributed by atoms with Crippen LogP contribution in [0.1, 0.15) is 0 Å². The molecule has 1 N–H and O–H groups in total. The van der Waals surface area contributed by atoms with Crippen LogP contribution in [-0.2, 0) is 0 Å². The summed E-state index contributed by atoms with van der Waals surface area (Å²) in [6.07, 6.45) is 10.7. The van der Waals surface area contributed by atoms with Crippen molar-refractivity contribution in [2.45, 2.75) is 6.04 Å². The third kappa shape index (κ3) is 0.926. The van der Waals surface area contributed by atoms with Crippen molar-refractivity contribution >= 4 is 15.9 Å². The van der Waals surface area contributed by atoms with Crippen LogP contribution in [0.2, 0.25) is 0 Å². The molecule has 0 aromatic heterocycles. The van der Waals surface area contributed by atoms with E-state index in [0.717, 1.165) is 0 Å². The topological polar surface area (TPSA) is 12.0 Å². The summed E-state index contributed by atoms with van der Waals surface area (Å²) in [5, 5.41) is 3.25. The highest BCUT2D eigenvalue weighted by Gasteiger charge is 2.19. The van der Waals surface area contributed by atoms with Gasteiger partial charge in [-0.3, -0.25) is 0 Å². The van der Waals surface area contributed by atoms with Gasteiger partial charge in [-0.25, -0.2) is 0 Å². The van der Waals surface area contributed by atoms with E-state index in [1.54, 1.807) is 0 Å². The van der Waals surface area contributed by atoms with Gasteiger partial charge in [0, 0.05) is 10.4 Å². The van der Waals surface area contributed by atoms with Gasteiger partial charge in [0.2, 0.25) is 0 Å². The molecule has 2 rings (SSSR count). The molecule has 2 unspecified atom stereocenters. The fourth-order valence-electron chi connectivity index (χ4n) is 1.29.